The molecule has 2 aliphatic rings. The fraction of sp³-hybridized carbons (Fsp3) is 0.636. The molecular weight excluding hydrogens is 395 g/mol. The van der Waals surface area contributed by atoms with Gasteiger partial charge in [-0.2, -0.15) is 13.2 Å². The van der Waals surface area contributed by atoms with E-state index in [9.17, 15) is 22.8 Å². The molecule has 1 unspecified atom stereocenters. The van der Waals surface area contributed by atoms with Crippen molar-refractivity contribution in [1.29, 1.82) is 0 Å². The van der Waals surface area contributed by atoms with Gasteiger partial charge in [-0.15, -0.1) is 0 Å². The number of hydrogen-bond donors (Lipinski definition) is 0. The van der Waals surface area contributed by atoms with Crippen molar-refractivity contribution in [3.8, 4) is 0 Å². The molecule has 166 valence electrons. The third kappa shape index (κ3) is 4.79. The predicted molar refractivity (Wildman–Crippen MR) is 108 cm³/mol. The number of nitrogens with zero attached hydrogens (tertiary/aromatic N) is 3. The van der Waals surface area contributed by atoms with Gasteiger partial charge in [-0.05, 0) is 37.8 Å². The molecule has 1 heterocycles. The lowest BCUT2D eigenvalue weighted by atomic mass is 9.94. The van der Waals surface area contributed by atoms with E-state index in [2.05, 4.69) is 4.90 Å². The summed E-state index contributed by atoms with van der Waals surface area (Å²) in [4.78, 5) is 31.2. The second-order valence-corrected chi connectivity index (χ2v) is 8.21. The Bertz CT molecular complexity index is 754. The van der Waals surface area contributed by atoms with Crippen LogP contribution in [0.2, 0.25) is 0 Å². The molecule has 1 aliphatic heterocycles. The largest absolute Gasteiger partial charge is 0.417 e. The average Bonchev–Trinajstić information content (AvgIpc) is 3.27. The standard InChI is InChI=1S/C22H30F3N3O2/c1-3-26(2)21(30)19(16-8-4-5-9-16)27-12-14-28(15-13-27)20(29)17-10-6-7-11-18(17)22(23,24)25/h6-7,10-11,16,19H,3-5,8-9,12-15H2,1-2H3. The molecule has 0 radical (unpaired) electrons. The van der Waals surface area contributed by atoms with Gasteiger partial charge in [0.15, 0.2) is 0 Å². The molecule has 1 aromatic carbocycles. The van der Waals surface area contributed by atoms with Crippen molar-refractivity contribution >= 4 is 11.8 Å². The molecule has 1 saturated carbocycles. The van der Waals surface area contributed by atoms with E-state index in [-0.39, 0.29) is 17.5 Å². The zero-order chi connectivity index (χ0) is 21.9. The Balaban J connectivity index is 1.71. The summed E-state index contributed by atoms with van der Waals surface area (Å²) in [7, 11) is 1.80. The van der Waals surface area contributed by atoms with E-state index in [1.54, 1.807) is 11.9 Å². The highest BCUT2D eigenvalue weighted by Gasteiger charge is 2.40. The van der Waals surface area contributed by atoms with Gasteiger partial charge in [0.1, 0.15) is 0 Å². The zero-order valence-electron chi connectivity index (χ0n) is 17.6. The minimum absolute atomic E-state index is 0.103. The summed E-state index contributed by atoms with van der Waals surface area (Å²) >= 11 is 0. The highest BCUT2D eigenvalue weighted by atomic mass is 19.4. The molecule has 0 spiro atoms. The summed E-state index contributed by atoms with van der Waals surface area (Å²) in [5, 5.41) is 0. The number of carbonyl (C=O) groups is 2. The zero-order valence-corrected chi connectivity index (χ0v) is 17.6. The lowest BCUT2D eigenvalue weighted by Gasteiger charge is -2.42. The Labute approximate surface area is 175 Å². The summed E-state index contributed by atoms with van der Waals surface area (Å²) in [6.07, 6.45) is -0.287. The van der Waals surface area contributed by atoms with Crippen LogP contribution in [0.25, 0.3) is 0 Å². The molecule has 8 heteroatoms. The topological polar surface area (TPSA) is 43.9 Å². The summed E-state index contributed by atoms with van der Waals surface area (Å²) < 4.78 is 39.9. The van der Waals surface area contributed by atoms with Crippen LogP contribution in [0.1, 0.15) is 48.5 Å². The fourth-order valence-corrected chi connectivity index (χ4v) is 4.60. The van der Waals surface area contributed by atoms with Gasteiger partial charge in [0.05, 0.1) is 17.2 Å². The van der Waals surface area contributed by atoms with Crippen LogP contribution in [0.15, 0.2) is 24.3 Å². The van der Waals surface area contributed by atoms with Gasteiger partial charge in [-0.1, -0.05) is 25.0 Å². The van der Waals surface area contributed by atoms with E-state index >= 15 is 0 Å². The number of hydrogen-bond acceptors (Lipinski definition) is 3. The van der Waals surface area contributed by atoms with Crippen LogP contribution >= 0.6 is 0 Å². The van der Waals surface area contributed by atoms with Crippen LogP contribution in [0, 0.1) is 5.92 Å². The monoisotopic (exact) mass is 425 g/mol. The molecule has 3 rings (SSSR count). The minimum atomic E-state index is -4.57. The van der Waals surface area contributed by atoms with E-state index in [0.29, 0.717) is 38.6 Å². The number of likely N-dealkylation sites (N-methyl/N-ethyl adjacent to an activating group) is 1. The molecule has 1 aliphatic carbocycles. The van der Waals surface area contributed by atoms with Gasteiger partial charge < -0.3 is 9.80 Å². The van der Waals surface area contributed by atoms with Crippen molar-refractivity contribution in [2.45, 2.75) is 44.8 Å². The highest BCUT2D eigenvalue weighted by Crippen LogP contribution is 2.34. The maximum Gasteiger partial charge on any atom is 0.417 e. The lowest BCUT2D eigenvalue weighted by Crippen LogP contribution is -2.58. The molecule has 0 aromatic heterocycles. The van der Waals surface area contributed by atoms with Crippen molar-refractivity contribution < 1.29 is 22.8 Å². The molecule has 2 fully saturated rings. The third-order valence-corrected chi connectivity index (χ3v) is 6.41. The van der Waals surface area contributed by atoms with Gasteiger partial charge >= 0.3 is 6.18 Å². The highest BCUT2D eigenvalue weighted by molar-refractivity contribution is 5.96. The molecule has 5 nitrogen and oxygen atoms in total. The smallest absolute Gasteiger partial charge is 0.345 e. The van der Waals surface area contributed by atoms with Crippen molar-refractivity contribution in [2.75, 3.05) is 39.8 Å². The maximum atomic E-state index is 13.3. The van der Waals surface area contributed by atoms with Gasteiger partial charge in [0.2, 0.25) is 5.91 Å². The number of benzene rings is 1. The van der Waals surface area contributed by atoms with E-state index in [0.717, 1.165) is 31.7 Å². The van der Waals surface area contributed by atoms with Crippen LogP contribution in [0.3, 0.4) is 0 Å². The van der Waals surface area contributed by atoms with Crippen molar-refractivity contribution in [3.63, 3.8) is 0 Å². The molecule has 1 aromatic rings. The minimum Gasteiger partial charge on any atom is -0.345 e. The molecule has 0 N–H and O–H groups in total. The number of rotatable bonds is 5. The number of piperazine rings is 1. The van der Waals surface area contributed by atoms with E-state index in [1.807, 2.05) is 6.92 Å². The summed E-state index contributed by atoms with van der Waals surface area (Å²) in [6, 6.07) is 4.71. The number of alkyl halides is 3. The van der Waals surface area contributed by atoms with Gasteiger partial charge in [0.25, 0.3) is 5.91 Å². The predicted octanol–water partition coefficient (Wildman–Crippen LogP) is 3.50. The first kappa shape index (κ1) is 22.6. The van der Waals surface area contributed by atoms with Gasteiger partial charge in [-0.25, -0.2) is 0 Å². The quantitative estimate of drug-likeness (QED) is 0.725. The van der Waals surface area contributed by atoms with Crippen LogP contribution in [0.5, 0.6) is 0 Å². The van der Waals surface area contributed by atoms with E-state index < -0.39 is 17.6 Å². The number of carbonyl (C=O) groups excluding carboxylic acids is 2. The van der Waals surface area contributed by atoms with Gasteiger partial charge in [-0.3, -0.25) is 14.5 Å². The van der Waals surface area contributed by atoms with Crippen LogP contribution in [-0.4, -0.2) is 72.3 Å². The summed E-state index contributed by atoms with van der Waals surface area (Å²) in [5.41, 5.74) is -1.21. The van der Waals surface area contributed by atoms with Crippen LogP contribution < -0.4 is 0 Å². The molecule has 0 bridgehead atoms. The Kier molecular flexibility index (Phi) is 7.06. The lowest BCUT2D eigenvalue weighted by molar-refractivity contribution is -0.139. The molecular formula is C22H30F3N3O2. The first-order valence-corrected chi connectivity index (χ1v) is 10.7. The summed E-state index contributed by atoms with van der Waals surface area (Å²) in [6.45, 7) is 4.19. The Morgan fingerprint density at radius 3 is 2.27 bits per heavy atom. The molecule has 1 atom stereocenters. The van der Waals surface area contributed by atoms with Crippen molar-refractivity contribution in [1.82, 2.24) is 14.7 Å². The fourth-order valence-electron chi connectivity index (χ4n) is 4.60. The maximum absolute atomic E-state index is 13.3. The van der Waals surface area contributed by atoms with Crippen LogP contribution in [0.4, 0.5) is 13.2 Å². The second kappa shape index (κ2) is 9.37. The summed E-state index contributed by atoms with van der Waals surface area (Å²) in [5.74, 6) is -0.191. The number of halogens is 3. The Morgan fingerprint density at radius 2 is 1.70 bits per heavy atom. The number of amides is 2. The average molecular weight is 425 g/mol. The molecule has 30 heavy (non-hydrogen) atoms. The van der Waals surface area contributed by atoms with Crippen LogP contribution in [-0.2, 0) is 11.0 Å². The Hall–Kier alpha value is -2.09. The molecule has 1 saturated heterocycles. The third-order valence-electron chi connectivity index (χ3n) is 6.41. The SMILES string of the molecule is CCN(C)C(=O)C(C1CCCC1)N1CCN(C(=O)c2ccccc2C(F)(F)F)CC1. The van der Waals surface area contributed by atoms with E-state index in [4.69, 9.17) is 0 Å². The van der Waals surface area contributed by atoms with E-state index in [1.165, 1.54) is 23.1 Å². The second-order valence-electron chi connectivity index (χ2n) is 8.21. The van der Waals surface area contributed by atoms with Crippen molar-refractivity contribution in [2.24, 2.45) is 5.92 Å². The first-order valence-electron chi connectivity index (χ1n) is 10.7. The first-order chi connectivity index (χ1) is 14.2. The van der Waals surface area contributed by atoms with Crippen molar-refractivity contribution in [3.05, 3.63) is 35.4 Å². The normalized spacial score (nSPS) is 19.7. The van der Waals surface area contributed by atoms with Gasteiger partial charge in [0, 0.05) is 39.8 Å². The molecule has 2 amide bonds. The Morgan fingerprint density at radius 1 is 1.10 bits per heavy atom.